The summed E-state index contributed by atoms with van der Waals surface area (Å²) in [6, 6.07) is 8.57. The fraction of sp³-hybridized carbons (Fsp3) is 0.286. The van der Waals surface area contributed by atoms with Crippen molar-refractivity contribution in [1.82, 2.24) is 15.3 Å². The molecular weight excluding hydrogens is 374 g/mol. The maximum absolute atomic E-state index is 5.37. The average Bonchev–Trinajstić information content (AvgIpc) is 3.40. The lowest BCUT2D eigenvalue weighted by atomic mass is 10.1. The average molecular weight is 398 g/mol. The monoisotopic (exact) mass is 397 g/mol. The van der Waals surface area contributed by atoms with Gasteiger partial charge in [-0.15, -0.1) is 11.3 Å². The molecule has 4 aromatic rings. The van der Waals surface area contributed by atoms with Gasteiger partial charge in [0.2, 0.25) is 0 Å². The van der Waals surface area contributed by atoms with E-state index in [9.17, 15) is 0 Å². The van der Waals surface area contributed by atoms with E-state index in [4.69, 9.17) is 9.72 Å². The first-order chi connectivity index (χ1) is 13.1. The summed E-state index contributed by atoms with van der Waals surface area (Å²) in [6.07, 6.45) is 0.948. The van der Waals surface area contributed by atoms with Gasteiger partial charge in [0.05, 0.1) is 13.2 Å². The zero-order valence-electron chi connectivity index (χ0n) is 15.7. The van der Waals surface area contributed by atoms with E-state index in [1.807, 2.05) is 6.07 Å². The van der Waals surface area contributed by atoms with Crippen LogP contribution in [-0.2, 0) is 13.0 Å². The molecule has 1 aromatic carbocycles. The molecule has 2 N–H and O–H groups in total. The van der Waals surface area contributed by atoms with Crippen molar-refractivity contribution in [3.63, 3.8) is 0 Å². The Bertz CT molecular complexity index is 1030. The first-order valence-electron chi connectivity index (χ1n) is 8.95. The summed E-state index contributed by atoms with van der Waals surface area (Å²) >= 11 is 3.47. The largest absolute Gasteiger partial charge is 0.497 e. The smallest absolute Gasteiger partial charge is 0.119 e. The van der Waals surface area contributed by atoms with E-state index in [0.29, 0.717) is 0 Å². The maximum atomic E-state index is 5.37. The number of H-pyrrole nitrogens is 1. The fourth-order valence-corrected chi connectivity index (χ4v) is 4.87. The number of hydrogen-bond acceptors (Lipinski definition) is 5. The Morgan fingerprint density at radius 3 is 2.81 bits per heavy atom. The van der Waals surface area contributed by atoms with Crippen molar-refractivity contribution >= 4 is 33.6 Å². The van der Waals surface area contributed by atoms with Gasteiger partial charge in [0.15, 0.2) is 0 Å². The van der Waals surface area contributed by atoms with Crippen LogP contribution in [0.25, 0.3) is 10.9 Å². The van der Waals surface area contributed by atoms with Crippen LogP contribution in [0.2, 0.25) is 0 Å². The molecule has 4 rings (SSSR count). The van der Waals surface area contributed by atoms with Gasteiger partial charge in [-0.3, -0.25) is 0 Å². The first-order valence-corrected chi connectivity index (χ1v) is 10.8. The standard InChI is InChI=1S/C21H23N3OS2/c1-13-11-27-21(23-13)19(8-15-6-7-26-12-15)22-10-20-14(2)17-9-16(25-3)4-5-18(17)24-20/h4-7,9,11-12,19,22,24H,8,10H2,1-3H3/t19-/m1/s1. The van der Waals surface area contributed by atoms with Crippen LogP contribution in [0.15, 0.2) is 40.4 Å². The topological polar surface area (TPSA) is 49.9 Å². The molecule has 27 heavy (non-hydrogen) atoms. The van der Waals surface area contributed by atoms with Gasteiger partial charge in [0.1, 0.15) is 10.8 Å². The number of thiophene rings is 1. The molecule has 0 fully saturated rings. The Hall–Kier alpha value is -2.15. The van der Waals surface area contributed by atoms with Gasteiger partial charge in [-0.25, -0.2) is 4.98 Å². The minimum Gasteiger partial charge on any atom is -0.497 e. The zero-order chi connectivity index (χ0) is 18.8. The van der Waals surface area contributed by atoms with Crippen LogP contribution in [0, 0.1) is 13.8 Å². The number of thiazole rings is 1. The highest BCUT2D eigenvalue weighted by Crippen LogP contribution is 2.28. The Labute approximate surface area is 167 Å². The van der Waals surface area contributed by atoms with Crippen molar-refractivity contribution in [3.05, 3.63) is 67.9 Å². The molecule has 0 radical (unpaired) electrons. The van der Waals surface area contributed by atoms with Crippen molar-refractivity contribution in [2.45, 2.75) is 32.9 Å². The molecule has 0 aliphatic heterocycles. The molecule has 0 unspecified atom stereocenters. The number of methoxy groups -OCH3 is 1. The Balaban J connectivity index is 1.56. The lowest BCUT2D eigenvalue weighted by Crippen LogP contribution is -2.23. The van der Waals surface area contributed by atoms with E-state index in [-0.39, 0.29) is 6.04 Å². The van der Waals surface area contributed by atoms with Crippen LogP contribution < -0.4 is 10.1 Å². The summed E-state index contributed by atoms with van der Waals surface area (Å²) in [5.74, 6) is 0.887. The second-order valence-corrected chi connectivity index (χ2v) is 8.41. The molecule has 0 aliphatic carbocycles. The van der Waals surface area contributed by atoms with Gasteiger partial charge >= 0.3 is 0 Å². The number of fused-ring (bicyclic) bond motifs is 1. The number of aromatic amines is 1. The molecule has 0 amide bonds. The molecule has 3 heterocycles. The number of ether oxygens (including phenoxy) is 1. The summed E-state index contributed by atoms with van der Waals surface area (Å²) in [7, 11) is 1.71. The number of aryl methyl sites for hydroxylation is 2. The molecule has 3 aromatic heterocycles. The fourth-order valence-electron chi connectivity index (χ4n) is 3.31. The van der Waals surface area contributed by atoms with E-state index < -0.39 is 0 Å². The normalized spacial score (nSPS) is 12.6. The number of benzene rings is 1. The molecule has 1 atom stereocenters. The molecular formula is C21H23N3OS2. The summed E-state index contributed by atoms with van der Waals surface area (Å²) in [5.41, 5.74) is 6.05. The van der Waals surface area contributed by atoms with E-state index in [1.54, 1.807) is 29.8 Å². The molecule has 0 bridgehead atoms. The lowest BCUT2D eigenvalue weighted by Gasteiger charge is -2.16. The summed E-state index contributed by atoms with van der Waals surface area (Å²) in [4.78, 5) is 8.28. The van der Waals surface area contributed by atoms with E-state index in [0.717, 1.165) is 34.9 Å². The quantitative estimate of drug-likeness (QED) is 0.440. The highest BCUT2D eigenvalue weighted by molar-refractivity contribution is 7.09. The SMILES string of the molecule is COc1ccc2[nH]c(CN[C@H](Cc3ccsc3)c3nc(C)cs3)c(C)c2c1. The van der Waals surface area contributed by atoms with Gasteiger partial charge in [-0.05, 0) is 66.4 Å². The molecule has 6 heteroatoms. The number of aromatic nitrogens is 2. The van der Waals surface area contributed by atoms with Gasteiger partial charge in [0, 0.05) is 34.2 Å². The van der Waals surface area contributed by atoms with Crippen LogP contribution in [0.3, 0.4) is 0 Å². The molecule has 0 aliphatic rings. The van der Waals surface area contributed by atoms with Crippen LogP contribution in [0.5, 0.6) is 5.75 Å². The predicted octanol–water partition coefficient (Wildman–Crippen LogP) is 5.38. The summed E-state index contributed by atoms with van der Waals surface area (Å²) < 4.78 is 5.37. The van der Waals surface area contributed by atoms with Crippen molar-refractivity contribution in [2.75, 3.05) is 7.11 Å². The zero-order valence-corrected chi connectivity index (χ0v) is 17.3. The molecule has 0 spiro atoms. The first kappa shape index (κ1) is 18.2. The number of nitrogens with zero attached hydrogens (tertiary/aromatic N) is 1. The van der Waals surface area contributed by atoms with Gasteiger partial charge in [0.25, 0.3) is 0 Å². The minimum atomic E-state index is 0.207. The summed E-state index contributed by atoms with van der Waals surface area (Å²) in [6.45, 7) is 4.99. The highest BCUT2D eigenvalue weighted by Gasteiger charge is 2.17. The third kappa shape index (κ3) is 3.93. The van der Waals surface area contributed by atoms with Crippen molar-refractivity contribution < 1.29 is 4.74 Å². The van der Waals surface area contributed by atoms with Gasteiger partial charge in [-0.1, -0.05) is 0 Å². The minimum absolute atomic E-state index is 0.207. The van der Waals surface area contributed by atoms with E-state index in [2.05, 4.69) is 58.5 Å². The van der Waals surface area contributed by atoms with Crippen LogP contribution >= 0.6 is 22.7 Å². The second kappa shape index (κ2) is 7.84. The third-order valence-corrected chi connectivity index (χ3v) is 6.66. The second-order valence-electron chi connectivity index (χ2n) is 6.74. The molecule has 0 saturated carbocycles. The van der Waals surface area contributed by atoms with Crippen molar-refractivity contribution in [3.8, 4) is 5.75 Å². The Morgan fingerprint density at radius 1 is 1.22 bits per heavy atom. The number of rotatable bonds is 7. The highest BCUT2D eigenvalue weighted by atomic mass is 32.1. The van der Waals surface area contributed by atoms with E-state index in [1.165, 1.54) is 22.2 Å². The summed E-state index contributed by atoms with van der Waals surface area (Å²) in [5, 5.41) is 12.6. The Morgan fingerprint density at radius 2 is 2.11 bits per heavy atom. The van der Waals surface area contributed by atoms with Gasteiger partial charge < -0.3 is 15.0 Å². The third-order valence-electron chi connectivity index (χ3n) is 4.85. The maximum Gasteiger partial charge on any atom is 0.119 e. The predicted molar refractivity (Wildman–Crippen MR) is 114 cm³/mol. The van der Waals surface area contributed by atoms with Crippen molar-refractivity contribution in [1.29, 1.82) is 0 Å². The van der Waals surface area contributed by atoms with Crippen LogP contribution in [0.1, 0.15) is 33.6 Å². The van der Waals surface area contributed by atoms with Crippen LogP contribution in [-0.4, -0.2) is 17.1 Å². The van der Waals surface area contributed by atoms with Crippen molar-refractivity contribution in [2.24, 2.45) is 0 Å². The molecule has 4 nitrogen and oxygen atoms in total. The Kier molecular flexibility index (Phi) is 5.29. The number of hydrogen-bond donors (Lipinski definition) is 2. The van der Waals surface area contributed by atoms with E-state index >= 15 is 0 Å². The number of nitrogens with one attached hydrogen (secondary N) is 2. The van der Waals surface area contributed by atoms with Gasteiger partial charge in [-0.2, -0.15) is 11.3 Å². The van der Waals surface area contributed by atoms with Crippen LogP contribution in [0.4, 0.5) is 0 Å². The lowest BCUT2D eigenvalue weighted by molar-refractivity contribution is 0.415. The molecule has 140 valence electrons. The molecule has 0 saturated heterocycles.